The summed E-state index contributed by atoms with van der Waals surface area (Å²) in [7, 11) is 0. The number of nitrogens with zero attached hydrogens (tertiary/aromatic N) is 1. The van der Waals surface area contributed by atoms with Gasteiger partial charge in [0.15, 0.2) is 5.17 Å². The van der Waals surface area contributed by atoms with Crippen LogP contribution in [0.25, 0.3) is 0 Å². The van der Waals surface area contributed by atoms with Crippen molar-refractivity contribution in [2.45, 2.75) is 39.4 Å². The van der Waals surface area contributed by atoms with Crippen molar-refractivity contribution in [2.24, 2.45) is 10.4 Å². The van der Waals surface area contributed by atoms with Gasteiger partial charge in [-0.15, -0.1) is 0 Å². The Morgan fingerprint density at radius 3 is 2.69 bits per heavy atom. The standard InChI is InChI=1S/C10H20N2S/c1-8-7-12-9(13-8)11-6-5-10(2,3)4/h8H,5-7H2,1-4H3,(H,11,12). The molecule has 0 spiro atoms. The monoisotopic (exact) mass is 200 g/mol. The van der Waals surface area contributed by atoms with E-state index in [1.54, 1.807) is 0 Å². The van der Waals surface area contributed by atoms with Gasteiger partial charge in [0.1, 0.15) is 0 Å². The first-order chi connectivity index (χ1) is 5.97. The Balaban J connectivity index is 2.14. The van der Waals surface area contributed by atoms with E-state index < -0.39 is 0 Å². The summed E-state index contributed by atoms with van der Waals surface area (Å²) in [5.74, 6) is 0. The van der Waals surface area contributed by atoms with Crippen LogP contribution in [-0.2, 0) is 0 Å². The van der Waals surface area contributed by atoms with Crippen molar-refractivity contribution in [1.29, 1.82) is 0 Å². The lowest BCUT2D eigenvalue weighted by Crippen LogP contribution is -2.24. The molecule has 0 bridgehead atoms. The van der Waals surface area contributed by atoms with Crippen LogP contribution in [0.4, 0.5) is 0 Å². The summed E-state index contributed by atoms with van der Waals surface area (Å²) in [5.41, 5.74) is 0.419. The van der Waals surface area contributed by atoms with Crippen LogP contribution in [0.15, 0.2) is 4.99 Å². The predicted molar refractivity (Wildman–Crippen MR) is 61.4 cm³/mol. The lowest BCUT2D eigenvalue weighted by Gasteiger charge is -2.18. The van der Waals surface area contributed by atoms with E-state index in [4.69, 9.17) is 0 Å². The Morgan fingerprint density at radius 1 is 1.54 bits per heavy atom. The number of hydrogen-bond donors (Lipinski definition) is 1. The molecule has 1 atom stereocenters. The molecule has 0 fully saturated rings. The zero-order valence-electron chi connectivity index (χ0n) is 9.05. The molecule has 0 saturated heterocycles. The fourth-order valence-electron chi connectivity index (χ4n) is 1.12. The van der Waals surface area contributed by atoms with Crippen molar-refractivity contribution in [1.82, 2.24) is 5.32 Å². The molecule has 0 aromatic rings. The van der Waals surface area contributed by atoms with E-state index in [9.17, 15) is 0 Å². The maximum absolute atomic E-state index is 4.40. The maximum Gasteiger partial charge on any atom is 0.156 e. The normalized spacial score (nSPS) is 23.1. The number of amidine groups is 1. The average molecular weight is 200 g/mol. The van der Waals surface area contributed by atoms with E-state index in [2.05, 4.69) is 38.0 Å². The van der Waals surface area contributed by atoms with Gasteiger partial charge in [-0.3, -0.25) is 4.99 Å². The smallest absolute Gasteiger partial charge is 0.156 e. The van der Waals surface area contributed by atoms with Crippen LogP contribution >= 0.6 is 11.8 Å². The average Bonchev–Trinajstić information content (AvgIpc) is 2.33. The summed E-state index contributed by atoms with van der Waals surface area (Å²) in [6.45, 7) is 11.0. The summed E-state index contributed by atoms with van der Waals surface area (Å²) >= 11 is 1.85. The van der Waals surface area contributed by atoms with Gasteiger partial charge in [-0.25, -0.2) is 0 Å². The maximum atomic E-state index is 4.40. The minimum absolute atomic E-state index is 0.419. The minimum atomic E-state index is 0.419. The molecule has 13 heavy (non-hydrogen) atoms. The largest absolute Gasteiger partial charge is 0.365 e. The quantitative estimate of drug-likeness (QED) is 0.740. The molecule has 0 aliphatic carbocycles. The first kappa shape index (κ1) is 10.9. The fourth-order valence-corrected chi connectivity index (χ4v) is 1.98. The van der Waals surface area contributed by atoms with Crippen molar-refractivity contribution in [3.8, 4) is 0 Å². The van der Waals surface area contributed by atoms with E-state index in [0.29, 0.717) is 10.7 Å². The third-order valence-electron chi connectivity index (χ3n) is 1.96. The Morgan fingerprint density at radius 2 is 2.23 bits per heavy atom. The molecule has 0 aromatic heterocycles. The van der Waals surface area contributed by atoms with Gasteiger partial charge < -0.3 is 5.32 Å². The zero-order valence-corrected chi connectivity index (χ0v) is 9.87. The summed E-state index contributed by atoms with van der Waals surface area (Å²) < 4.78 is 0. The van der Waals surface area contributed by atoms with Gasteiger partial charge in [0.25, 0.3) is 0 Å². The molecule has 76 valence electrons. The van der Waals surface area contributed by atoms with Crippen molar-refractivity contribution in [3.63, 3.8) is 0 Å². The van der Waals surface area contributed by atoms with Crippen molar-refractivity contribution >= 4 is 16.9 Å². The minimum Gasteiger partial charge on any atom is -0.365 e. The first-order valence-electron chi connectivity index (χ1n) is 4.92. The molecular weight excluding hydrogens is 180 g/mol. The van der Waals surface area contributed by atoms with Gasteiger partial charge >= 0.3 is 0 Å². The summed E-state index contributed by atoms with van der Waals surface area (Å²) in [6.07, 6.45) is 1.20. The topological polar surface area (TPSA) is 24.4 Å². The molecule has 1 N–H and O–H groups in total. The molecule has 0 radical (unpaired) electrons. The molecule has 1 aliphatic heterocycles. The van der Waals surface area contributed by atoms with E-state index >= 15 is 0 Å². The SMILES string of the molecule is CC1CN=C(NCCC(C)(C)C)S1. The van der Waals surface area contributed by atoms with Crippen LogP contribution in [-0.4, -0.2) is 23.5 Å². The first-order valence-corrected chi connectivity index (χ1v) is 5.80. The Kier molecular flexibility index (Phi) is 3.65. The summed E-state index contributed by atoms with van der Waals surface area (Å²) in [5, 5.41) is 5.18. The summed E-state index contributed by atoms with van der Waals surface area (Å²) in [6, 6.07) is 0. The van der Waals surface area contributed by atoms with Crippen molar-refractivity contribution in [3.05, 3.63) is 0 Å². The van der Waals surface area contributed by atoms with Crippen LogP contribution in [0.1, 0.15) is 34.1 Å². The molecule has 2 nitrogen and oxygen atoms in total. The molecule has 0 amide bonds. The highest BCUT2D eigenvalue weighted by atomic mass is 32.2. The summed E-state index contributed by atoms with van der Waals surface area (Å²) in [4.78, 5) is 4.40. The van der Waals surface area contributed by atoms with Gasteiger partial charge in [0.2, 0.25) is 0 Å². The highest BCUT2D eigenvalue weighted by molar-refractivity contribution is 8.14. The number of rotatable bonds is 2. The molecule has 1 heterocycles. The third-order valence-corrected chi connectivity index (χ3v) is 3.00. The van der Waals surface area contributed by atoms with Gasteiger partial charge in [-0.05, 0) is 11.8 Å². The van der Waals surface area contributed by atoms with E-state index in [1.165, 1.54) is 6.42 Å². The molecule has 0 saturated carbocycles. The Bertz CT molecular complexity index is 194. The molecular formula is C10H20N2S. The van der Waals surface area contributed by atoms with Gasteiger partial charge in [-0.1, -0.05) is 39.5 Å². The Labute approximate surface area is 85.6 Å². The Hall–Kier alpha value is -0.180. The number of thioether (sulfide) groups is 1. The van der Waals surface area contributed by atoms with Crippen LogP contribution in [0.2, 0.25) is 0 Å². The van der Waals surface area contributed by atoms with Gasteiger partial charge in [-0.2, -0.15) is 0 Å². The van der Waals surface area contributed by atoms with Crippen LogP contribution in [0, 0.1) is 5.41 Å². The van der Waals surface area contributed by atoms with Crippen molar-refractivity contribution < 1.29 is 0 Å². The highest BCUT2D eigenvalue weighted by Gasteiger charge is 2.15. The molecule has 1 rings (SSSR count). The molecule has 1 unspecified atom stereocenters. The molecule has 1 aliphatic rings. The lowest BCUT2D eigenvalue weighted by atomic mass is 9.92. The van der Waals surface area contributed by atoms with E-state index in [0.717, 1.165) is 18.3 Å². The predicted octanol–water partition coefficient (Wildman–Crippen LogP) is 2.50. The second-order valence-electron chi connectivity index (χ2n) is 4.81. The van der Waals surface area contributed by atoms with Crippen LogP contribution < -0.4 is 5.32 Å². The fraction of sp³-hybridized carbons (Fsp3) is 0.900. The zero-order chi connectivity index (χ0) is 9.90. The number of nitrogens with one attached hydrogen (secondary N) is 1. The third kappa shape index (κ3) is 4.55. The van der Waals surface area contributed by atoms with Crippen molar-refractivity contribution in [2.75, 3.05) is 13.1 Å². The van der Waals surface area contributed by atoms with Crippen LogP contribution in [0.5, 0.6) is 0 Å². The highest BCUT2D eigenvalue weighted by Crippen LogP contribution is 2.20. The van der Waals surface area contributed by atoms with Crippen LogP contribution in [0.3, 0.4) is 0 Å². The van der Waals surface area contributed by atoms with Gasteiger partial charge in [0, 0.05) is 11.8 Å². The van der Waals surface area contributed by atoms with Gasteiger partial charge in [0.05, 0.1) is 6.54 Å². The van der Waals surface area contributed by atoms with E-state index in [-0.39, 0.29) is 0 Å². The van der Waals surface area contributed by atoms with E-state index in [1.807, 2.05) is 11.8 Å². The second kappa shape index (κ2) is 4.36. The lowest BCUT2D eigenvalue weighted by molar-refractivity contribution is 0.378. The molecule has 0 aromatic carbocycles. The number of hydrogen-bond acceptors (Lipinski definition) is 3. The number of aliphatic imine (C=N–C) groups is 1. The second-order valence-corrected chi connectivity index (χ2v) is 6.24. The molecule has 3 heteroatoms.